The minimum atomic E-state index is -1.21. The zero-order valence-electron chi connectivity index (χ0n) is 11.3. The number of rotatable bonds is 3. The summed E-state index contributed by atoms with van der Waals surface area (Å²) in [6.07, 6.45) is -1.04. The highest BCUT2D eigenvalue weighted by Gasteiger charge is 2.20. The van der Waals surface area contributed by atoms with Gasteiger partial charge in [-0.3, -0.25) is 0 Å². The molecule has 0 aliphatic rings. The van der Waals surface area contributed by atoms with E-state index >= 15 is 0 Å². The van der Waals surface area contributed by atoms with E-state index in [1.165, 1.54) is 6.07 Å². The van der Waals surface area contributed by atoms with Crippen molar-refractivity contribution < 1.29 is 13.9 Å². The average Bonchev–Trinajstić information content (AvgIpc) is 2.39. The van der Waals surface area contributed by atoms with Gasteiger partial charge in [0.25, 0.3) is 0 Å². The Hall–Kier alpha value is -1.26. The molecule has 1 atom stereocenters. The van der Waals surface area contributed by atoms with Crippen molar-refractivity contribution in [2.24, 2.45) is 0 Å². The molecule has 1 N–H and O–H groups in total. The summed E-state index contributed by atoms with van der Waals surface area (Å²) in [4.78, 5) is 0. The van der Waals surface area contributed by atoms with Gasteiger partial charge in [-0.1, -0.05) is 18.2 Å². The molecule has 20 heavy (non-hydrogen) atoms. The third-order valence-corrected chi connectivity index (χ3v) is 4.03. The number of hydrogen-bond acceptors (Lipinski definition) is 1. The van der Waals surface area contributed by atoms with Gasteiger partial charge in [-0.2, -0.15) is 0 Å². The van der Waals surface area contributed by atoms with E-state index in [9.17, 15) is 13.9 Å². The predicted octanol–water partition coefficient (Wildman–Crippen LogP) is 4.62. The molecule has 1 nitrogen and oxygen atoms in total. The van der Waals surface area contributed by atoms with Crippen LogP contribution in [0.2, 0.25) is 0 Å². The van der Waals surface area contributed by atoms with Crippen LogP contribution in [0.5, 0.6) is 0 Å². The van der Waals surface area contributed by atoms with Crippen LogP contribution in [0.4, 0.5) is 8.78 Å². The van der Waals surface area contributed by atoms with E-state index in [4.69, 9.17) is 0 Å². The Balaban J connectivity index is 2.30. The lowest BCUT2D eigenvalue weighted by atomic mass is 9.98. The Kier molecular flexibility index (Phi) is 4.55. The summed E-state index contributed by atoms with van der Waals surface area (Å²) in [5.41, 5.74) is 2.78. The second-order valence-corrected chi connectivity index (χ2v) is 5.75. The molecule has 0 aliphatic carbocycles. The van der Waals surface area contributed by atoms with Gasteiger partial charge in [0.1, 0.15) is 11.6 Å². The number of hydrogen-bond donors (Lipinski definition) is 1. The van der Waals surface area contributed by atoms with Gasteiger partial charge < -0.3 is 5.11 Å². The summed E-state index contributed by atoms with van der Waals surface area (Å²) < 4.78 is 27.8. The molecule has 0 aromatic heterocycles. The Morgan fingerprint density at radius 3 is 2.45 bits per heavy atom. The maximum atomic E-state index is 13.9. The summed E-state index contributed by atoms with van der Waals surface area (Å²) in [7, 11) is 0. The van der Waals surface area contributed by atoms with Crippen LogP contribution in [0.15, 0.2) is 34.8 Å². The highest BCUT2D eigenvalue weighted by Crippen LogP contribution is 2.29. The van der Waals surface area contributed by atoms with Crippen LogP contribution in [0.25, 0.3) is 0 Å². The molecule has 2 aromatic carbocycles. The lowest BCUT2D eigenvalue weighted by molar-refractivity contribution is 0.168. The second kappa shape index (κ2) is 6.02. The van der Waals surface area contributed by atoms with Gasteiger partial charge in [-0.25, -0.2) is 8.78 Å². The first kappa shape index (κ1) is 15.1. The van der Waals surface area contributed by atoms with Crippen molar-refractivity contribution in [2.75, 3.05) is 0 Å². The summed E-state index contributed by atoms with van der Waals surface area (Å²) in [6.45, 7) is 3.95. The molecular formula is C16H15BrF2O. The van der Waals surface area contributed by atoms with Gasteiger partial charge in [-0.15, -0.1) is 0 Å². The molecule has 0 fully saturated rings. The molecule has 0 saturated heterocycles. The predicted molar refractivity (Wildman–Crippen MR) is 78.6 cm³/mol. The van der Waals surface area contributed by atoms with Crippen LogP contribution in [0, 0.1) is 25.5 Å². The Morgan fingerprint density at radius 1 is 1.10 bits per heavy atom. The van der Waals surface area contributed by atoms with Crippen LogP contribution in [-0.4, -0.2) is 5.11 Å². The fraction of sp³-hybridized carbons (Fsp3) is 0.250. The van der Waals surface area contributed by atoms with E-state index in [-0.39, 0.29) is 16.5 Å². The van der Waals surface area contributed by atoms with Crippen molar-refractivity contribution in [3.63, 3.8) is 0 Å². The fourth-order valence-electron chi connectivity index (χ4n) is 2.10. The molecule has 0 spiro atoms. The van der Waals surface area contributed by atoms with Gasteiger partial charge in [0.2, 0.25) is 0 Å². The largest absolute Gasteiger partial charge is 0.388 e. The topological polar surface area (TPSA) is 20.2 Å². The zero-order chi connectivity index (χ0) is 14.9. The second-order valence-electron chi connectivity index (χ2n) is 4.90. The first-order valence-corrected chi connectivity index (χ1v) is 7.07. The quantitative estimate of drug-likeness (QED) is 0.808. The maximum Gasteiger partial charge on any atom is 0.146 e. The van der Waals surface area contributed by atoms with E-state index < -0.39 is 17.7 Å². The minimum absolute atomic E-state index is 0.146. The summed E-state index contributed by atoms with van der Waals surface area (Å²) in [5.74, 6) is -1.48. The smallest absolute Gasteiger partial charge is 0.146 e. The Bertz CT molecular complexity index is 641. The zero-order valence-corrected chi connectivity index (χ0v) is 12.8. The highest BCUT2D eigenvalue weighted by molar-refractivity contribution is 9.10. The van der Waals surface area contributed by atoms with E-state index in [0.717, 1.165) is 22.8 Å². The minimum Gasteiger partial charge on any atom is -0.388 e. The molecule has 0 aliphatic heterocycles. The maximum absolute atomic E-state index is 13.9. The molecule has 0 saturated carbocycles. The van der Waals surface area contributed by atoms with E-state index in [2.05, 4.69) is 15.9 Å². The molecule has 106 valence electrons. The van der Waals surface area contributed by atoms with Crippen molar-refractivity contribution in [1.29, 1.82) is 0 Å². The molecule has 4 heteroatoms. The van der Waals surface area contributed by atoms with Crippen molar-refractivity contribution in [1.82, 2.24) is 0 Å². The number of aliphatic hydroxyl groups is 1. The van der Waals surface area contributed by atoms with Gasteiger partial charge in [0.05, 0.1) is 16.1 Å². The van der Waals surface area contributed by atoms with Gasteiger partial charge in [-0.05, 0) is 58.6 Å². The highest BCUT2D eigenvalue weighted by atomic mass is 79.9. The van der Waals surface area contributed by atoms with Crippen molar-refractivity contribution in [3.05, 3.63) is 68.7 Å². The van der Waals surface area contributed by atoms with Gasteiger partial charge in [0.15, 0.2) is 0 Å². The molecular weight excluding hydrogens is 326 g/mol. The third-order valence-electron chi connectivity index (χ3n) is 3.41. The molecule has 2 aromatic rings. The monoisotopic (exact) mass is 340 g/mol. The van der Waals surface area contributed by atoms with Crippen molar-refractivity contribution in [3.8, 4) is 0 Å². The SMILES string of the molecule is Cc1ccc(CC(O)c2c(F)ccc(Br)c2F)cc1C. The molecule has 0 amide bonds. The molecule has 1 unspecified atom stereocenters. The summed E-state index contributed by atoms with van der Waals surface area (Å²) in [6, 6.07) is 8.15. The summed E-state index contributed by atoms with van der Waals surface area (Å²) >= 11 is 3.00. The first-order valence-electron chi connectivity index (χ1n) is 6.27. The average molecular weight is 341 g/mol. The summed E-state index contributed by atoms with van der Waals surface area (Å²) in [5, 5.41) is 10.1. The first-order chi connectivity index (χ1) is 9.40. The van der Waals surface area contributed by atoms with E-state index in [1.54, 1.807) is 0 Å². The van der Waals surface area contributed by atoms with Crippen LogP contribution < -0.4 is 0 Å². The number of halogens is 3. The van der Waals surface area contributed by atoms with E-state index in [1.807, 2.05) is 32.0 Å². The number of aryl methyl sites for hydroxylation is 2. The van der Waals surface area contributed by atoms with Crippen molar-refractivity contribution >= 4 is 15.9 Å². The van der Waals surface area contributed by atoms with Crippen molar-refractivity contribution in [2.45, 2.75) is 26.4 Å². The van der Waals surface area contributed by atoms with Crippen LogP contribution >= 0.6 is 15.9 Å². The lowest BCUT2D eigenvalue weighted by Gasteiger charge is -2.14. The molecule has 2 rings (SSSR count). The fourth-order valence-corrected chi connectivity index (χ4v) is 2.45. The van der Waals surface area contributed by atoms with Crippen LogP contribution in [-0.2, 0) is 6.42 Å². The number of benzene rings is 2. The normalized spacial score (nSPS) is 12.5. The Labute approximate surface area is 125 Å². The van der Waals surface area contributed by atoms with Gasteiger partial charge in [0, 0.05) is 6.42 Å². The van der Waals surface area contributed by atoms with Crippen LogP contribution in [0.3, 0.4) is 0 Å². The number of aliphatic hydroxyl groups excluding tert-OH is 1. The Morgan fingerprint density at radius 2 is 1.80 bits per heavy atom. The third kappa shape index (κ3) is 3.07. The molecule has 0 heterocycles. The molecule has 0 bridgehead atoms. The molecule has 0 radical (unpaired) electrons. The standard InChI is InChI=1S/C16H15BrF2O/c1-9-3-4-11(7-10(9)2)8-14(20)15-13(18)6-5-12(17)16(15)19/h3-7,14,20H,8H2,1-2H3. The lowest BCUT2D eigenvalue weighted by Crippen LogP contribution is -2.08. The van der Waals surface area contributed by atoms with Crippen LogP contribution in [0.1, 0.15) is 28.4 Å². The van der Waals surface area contributed by atoms with E-state index in [0.29, 0.717) is 0 Å². The van der Waals surface area contributed by atoms with Gasteiger partial charge >= 0.3 is 0 Å².